The Kier molecular flexibility index (Phi) is 3.23. The Hall–Kier alpha value is -2.95. The molecule has 0 unspecified atom stereocenters. The van der Waals surface area contributed by atoms with E-state index in [1.165, 1.54) is 24.5 Å². The highest BCUT2D eigenvalue weighted by Crippen LogP contribution is 2.22. The lowest BCUT2D eigenvalue weighted by atomic mass is 10.1. The Balaban J connectivity index is 2.01. The smallest absolute Gasteiger partial charge is 0.335 e. The Morgan fingerprint density at radius 2 is 1.95 bits per heavy atom. The van der Waals surface area contributed by atoms with Crippen molar-refractivity contribution in [3.05, 3.63) is 72.4 Å². The molecule has 104 valence electrons. The van der Waals surface area contributed by atoms with Gasteiger partial charge >= 0.3 is 5.97 Å². The molecule has 0 fully saturated rings. The number of carboxylic acid groups (broad SMARTS) is 1. The fraction of sp³-hybridized carbons (Fsp3) is 0. The van der Waals surface area contributed by atoms with E-state index in [9.17, 15) is 9.18 Å². The topological polar surface area (TPSA) is 55.1 Å². The Morgan fingerprint density at radius 1 is 1.14 bits per heavy atom. The highest BCUT2D eigenvalue weighted by molar-refractivity contribution is 5.88. The standard InChI is InChI=1S/C16H11FN2O2/c17-14-7-2-1-6-13(14)15-9-19(10-18-15)12-5-3-4-11(8-12)16(20)21/h1-10H,(H,20,21). The second-order valence-corrected chi connectivity index (χ2v) is 4.50. The van der Waals surface area contributed by atoms with E-state index in [0.717, 1.165) is 0 Å². The highest BCUT2D eigenvalue weighted by Gasteiger charge is 2.09. The third-order valence-corrected chi connectivity index (χ3v) is 3.12. The number of hydrogen-bond donors (Lipinski definition) is 1. The zero-order valence-electron chi connectivity index (χ0n) is 10.9. The second-order valence-electron chi connectivity index (χ2n) is 4.50. The average Bonchev–Trinajstić information content (AvgIpc) is 2.97. The number of carbonyl (C=O) groups is 1. The van der Waals surface area contributed by atoms with Crippen LogP contribution >= 0.6 is 0 Å². The zero-order valence-corrected chi connectivity index (χ0v) is 10.9. The Bertz CT molecular complexity index is 811. The van der Waals surface area contributed by atoms with E-state index in [-0.39, 0.29) is 11.4 Å². The quantitative estimate of drug-likeness (QED) is 0.801. The Labute approximate surface area is 120 Å². The van der Waals surface area contributed by atoms with Gasteiger partial charge in [-0.1, -0.05) is 18.2 Å². The van der Waals surface area contributed by atoms with Crippen LogP contribution in [-0.4, -0.2) is 20.6 Å². The van der Waals surface area contributed by atoms with Gasteiger partial charge < -0.3 is 9.67 Å². The maximum Gasteiger partial charge on any atom is 0.335 e. The van der Waals surface area contributed by atoms with Gasteiger partial charge in [0, 0.05) is 17.4 Å². The number of rotatable bonds is 3. The van der Waals surface area contributed by atoms with E-state index in [0.29, 0.717) is 16.9 Å². The lowest BCUT2D eigenvalue weighted by Crippen LogP contribution is -1.98. The summed E-state index contributed by atoms with van der Waals surface area (Å²) in [6.45, 7) is 0. The summed E-state index contributed by atoms with van der Waals surface area (Å²) < 4.78 is 15.4. The van der Waals surface area contributed by atoms with Gasteiger partial charge in [-0.2, -0.15) is 0 Å². The van der Waals surface area contributed by atoms with Crippen molar-refractivity contribution in [2.45, 2.75) is 0 Å². The average molecular weight is 282 g/mol. The first-order valence-corrected chi connectivity index (χ1v) is 6.28. The van der Waals surface area contributed by atoms with E-state index in [1.807, 2.05) is 0 Å². The predicted molar refractivity (Wildman–Crippen MR) is 75.9 cm³/mol. The first-order valence-electron chi connectivity index (χ1n) is 6.28. The summed E-state index contributed by atoms with van der Waals surface area (Å²) in [5, 5.41) is 9.00. The van der Waals surface area contributed by atoms with Gasteiger partial charge in [-0.3, -0.25) is 0 Å². The van der Waals surface area contributed by atoms with Crippen LogP contribution in [0.25, 0.3) is 16.9 Å². The summed E-state index contributed by atoms with van der Waals surface area (Å²) in [6, 6.07) is 12.8. The molecule has 2 aromatic carbocycles. The van der Waals surface area contributed by atoms with Crippen molar-refractivity contribution in [3.63, 3.8) is 0 Å². The minimum absolute atomic E-state index is 0.189. The van der Waals surface area contributed by atoms with Gasteiger partial charge in [0.1, 0.15) is 5.82 Å². The number of halogens is 1. The molecule has 1 heterocycles. The normalized spacial score (nSPS) is 10.5. The number of imidazole rings is 1. The van der Waals surface area contributed by atoms with Crippen LogP contribution in [0, 0.1) is 5.82 Å². The zero-order chi connectivity index (χ0) is 14.8. The van der Waals surface area contributed by atoms with E-state index in [4.69, 9.17) is 5.11 Å². The summed E-state index contributed by atoms with van der Waals surface area (Å²) in [7, 11) is 0. The fourth-order valence-electron chi connectivity index (χ4n) is 2.07. The van der Waals surface area contributed by atoms with Crippen molar-refractivity contribution >= 4 is 5.97 Å². The van der Waals surface area contributed by atoms with Crippen molar-refractivity contribution in [1.82, 2.24) is 9.55 Å². The monoisotopic (exact) mass is 282 g/mol. The summed E-state index contributed by atoms with van der Waals surface area (Å²) in [6.07, 6.45) is 3.20. The van der Waals surface area contributed by atoms with Crippen LogP contribution < -0.4 is 0 Å². The van der Waals surface area contributed by atoms with Crippen molar-refractivity contribution in [1.29, 1.82) is 0 Å². The van der Waals surface area contributed by atoms with E-state index in [1.54, 1.807) is 41.1 Å². The van der Waals surface area contributed by atoms with E-state index in [2.05, 4.69) is 4.98 Å². The lowest BCUT2D eigenvalue weighted by molar-refractivity contribution is 0.0697. The Morgan fingerprint density at radius 3 is 2.71 bits per heavy atom. The van der Waals surface area contributed by atoms with Crippen LogP contribution in [0.5, 0.6) is 0 Å². The highest BCUT2D eigenvalue weighted by atomic mass is 19.1. The number of nitrogens with zero attached hydrogens (tertiary/aromatic N) is 2. The molecule has 3 aromatic rings. The molecular formula is C16H11FN2O2. The molecule has 21 heavy (non-hydrogen) atoms. The number of benzene rings is 2. The summed E-state index contributed by atoms with van der Waals surface area (Å²) >= 11 is 0. The molecular weight excluding hydrogens is 271 g/mol. The van der Waals surface area contributed by atoms with Gasteiger partial charge in [-0.15, -0.1) is 0 Å². The molecule has 1 aromatic heterocycles. The number of carboxylic acids is 1. The molecule has 4 nitrogen and oxygen atoms in total. The third kappa shape index (κ3) is 2.53. The molecule has 5 heteroatoms. The van der Waals surface area contributed by atoms with Crippen LogP contribution in [0.15, 0.2) is 61.1 Å². The molecule has 0 radical (unpaired) electrons. The summed E-state index contributed by atoms with van der Waals surface area (Å²) in [4.78, 5) is 15.2. The molecule has 0 saturated carbocycles. The van der Waals surface area contributed by atoms with Gasteiger partial charge in [-0.05, 0) is 30.3 Å². The minimum Gasteiger partial charge on any atom is -0.478 e. The maximum atomic E-state index is 13.7. The molecule has 0 spiro atoms. The van der Waals surface area contributed by atoms with Crippen LogP contribution in [0.4, 0.5) is 4.39 Å². The summed E-state index contributed by atoms with van der Waals surface area (Å²) in [5.41, 5.74) is 1.75. The maximum absolute atomic E-state index is 13.7. The molecule has 0 aliphatic heterocycles. The molecule has 0 aliphatic rings. The first kappa shape index (κ1) is 13.1. The van der Waals surface area contributed by atoms with Crippen LogP contribution in [-0.2, 0) is 0 Å². The molecule has 0 atom stereocenters. The van der Waals surface area contributed by atoms with Crippen LogP contribution in [0.3, 0.4) is 0 Å². The van der Waals surface area contributed by atoms with E-state index < -0.39 is 5.97 Å². The molecule has 0 aliphatic carbocycles. The first-order chi connectivity index (χ1) is 10.1. The molecule has 1 N–H and O–H groups in total. The van der Waals surface area contributed by atoms with E-state index >= 15 is 0 Å². The SMILES string of the molecule is O=C(O)c1cccc(-n2cnc(-c3ccccc3F)c2)c1. The lowest BCUT2D eigenvalue weighted by Gasteiger charge is -2.03. The third-order valence-electron chi connectivity index (χ3n) is 3.12. The fourth-order valence-corrected chi connectivity index (χ4v) is 2.07. The van der Waals surface area contributed by atoms with Crippen molar-refractivity contribution < 1.29 is 14.3 Å². The van der Waals surface area contributed by atoms with Crippen LogP contribution in [0.1, 0.15) is 10.4 Å². The number of aromatic nitrogens is 2. The minimum atomic E-state index is -0.994. The van der Waals surface area contributed by atoms with Gasteiger partial charge in [0.05, 0.1) is 17.6 Å². The van der Waals surface area contributed by atoms with Gasteiger partial charge in [0.2, 0.25) is 0 Å². The molecule has 3 rings (SSSR count). The molecule has 0 saturated heterocycles. The molecule has 0 amide bonds. The summed E-state index contributed by atoms with van der Waals surface area (Å²) in [5.74, 6) is -1.34. The second kappa shape index (κ2) is 5.20. The van der Waals surface area contributed by atoms with Gasteiger partial charge in [0.15, 0.2) is 0 Å². The molecule has 0 bridgehead atoms. The van der Waals surface area contributed by atoms with Gasteiger partial charge in [0.25, 0.3) is 0 Å². The van der Waals surface area contributed by atoms with Gasteiger partial charge in [-0.25, -0.2) is 14.2 Å². The number of hydrogen-bond acceptors (Lipinski definition) is 2. The van der Waals surface area contributed by atoms with Crippen molar-refractivity contribution in [2.75, 3.05) is 0 Å². The van der Waals surface area contributed by atoms with Crippen molar-refractivity contribution in [3.8, 4) is 16.9 Å². The predicted octanol–water partition coefficient (Wildman–Crippen LogP) is 3.38. The largest absolute Gasteiger partial charge is 0.478 e. The van der Waals surface area contributed by atoms with Crippen LogP contribution in [0.2, 0.25) is 0 Å². The number of aromatic carboxylic acids is 1. The van der Waals surface area contributed by atoms with Crippen molar-refractivity contribution in [2.24, 2.45) is 0 Å².